The summed E-state index contributed by atoms with van der Waals surface area (Å²) in [5.41, 5.74) is 1.81. The van der Waals surface area contributed by atoms with Gasteiger partial charge in [0.2, 0.25) is 5.91 Å². The summed E-state index contributed by atoms with van der Waals surface area (Å²) in [6, 6.07) is 14.5. The summed E-state index contributed by atoms with van der Waals surface area (Å²) in [7, 11) is 1.36. The largest absolute Gasteiger partial charge is 0.480 e. The lowest BCUT2D eigenvalue weighted by molar-refractivity contribution is -0.142. The van der Waals surface area contributed by atoms with E-state index in [1.807, 2.05) is 6.07 Å². The molecule has 2 aromatic rings. The van der Waals surface area contributed by atoms with Crippen LogP contribution in [0.1, 0.15) is 21.5 Å². The molecule has 2 rings (SSSR count). The molecule has 130 valence electrons. The lowest BCUT2D eigenvalue weighted by Crippen LogP contribution is -2.43. The molecule has 0 unspecified atom stereocenters. The summed E-state index contributed by atoms with van der Waals surface area (Å²) < 4.78 is 4.68. The fraction of sp³-hybridized carbons (Fsp3) is 0.211. The van der Waals surface area contributed by atoms with E-state index in [1.54, 1.807) is 48.5 Å². The lowest BCUT2D eigenvalue weighted by Gasteiger charge is -2.14. The first-order valence-electron chi connectivity index (χ1n) is 7.71. The molecule has 2 N–H and O–H groups in total. The number of nitrogens with one attached hydrogen (secondary N) is 1. The fourth-order valence-electron chi connectivity index (χ4n) is 2.35. The van der Waals surface area contributed by atoms with Gasteiger partial charge in [-0.05, 0) is 5.56 Å². The maximum atomic E-state index is 12.3. The minimum Gasteiger partial charge on any atom is -0.480 e. The van der Waals surface area contributed by atoms with Crippen molar-refractivity contribution in [2.75, 3.05) is 13.7 Å². The number of aliphatic carboxylic acids is 1. The van der Waals surface area contributed by atoms with Crippen molar-refractivity contribution in [3.05, 3.63) is 71.3 Å². The number of methoxy groups -OCH3 is 1. The van der Waals surface area contributed by atoms with Gasteiger partial charge < -0.3 is 15.2 Å². The first kappa shape index (κ1) is 18.4. The molecule has 1 atom stereocenters. The third kappa shape index (κ3) is 5.26. The van der Waals surface area contributed by atoms with E-state index in [4.69, 9.17) is 0 Å². The zero-order valence-electron chi connectivity index (χ0n) is 13.8. The summed E-state index contributed by atoms with van der Waals surface area (Å²) in [6.07, 6.45) is 0.116. The molecule has 0 fully saturated rings. The number of hydrogen-bond acceptors (Lipinski definition) is 4. The molecule has 6 heteroatoms. The van der Waals surface area contributed by atoms with Crippen LogP contribution in [0.5, 0.6) is 0 Å². The topological polar surface area (TPSA) is 92.7 Å². The maximum Gasteiger partial charge on any atom is 0.326 e. The van der Waals surface area contributed by atoms with Crippen molar-refractivity contribution in [2.45, 2.75) is 12.5 Å². The van der Waals surface area contributed by atoms with Crippen LogP contribution in [0.25, 0.3) is 0 Å². The molecule has 0 saturated carbocycles. The van der Waals surface area contributed by atoms with Crippen LogP contribution in [0, 0.1) is 0 Å². The van der Waals surface area contributed by atoms with Crippen LogP contribution < -0.4 is 5.32 Å². The predicted octanol–water partition coefficient (Wildman–Crippen LogP) is 1.68. The Hall–Kier alpha value is -2.99. The van der Waals surface area contributed by atoms with E-state index in [0.717, 1.165) is 0 Å². The summed E-state index contributed by atoms with van der Waals surface area (Å²) in [4.78, 5) is 35.1. The summed E-state index contributed by atoms with van der Waals surface area (Å²) in [6.45, 7) is -0.200. The van der Waals surface area contributed by atoms with E-state index in [0.29, 0.717) is 16.7 Å². The Morgan fingerprint density at radius 2 is 1.60 bits per heavy atom. The summed E-state index contributed by atoms with van der Waals surface area (Å²) in [5, 5.41) is 11.6. The highest BCUT2D eigenvalue weighted by Gasteiger charge is 2.20. The van der Waals surface area contributed by atoms with Gasteiger partial charge in [0, 0.05) is 24.7 Å². The molecule has 25 heavy (non-hydrogen) atoms. The van der Waals surface area contributed by atoms with Crippen molar-refractivity contribution in [1.29, 1.82) is 0 Å². The molecule has 0 aliphatic rings. The third-order valence-electron chi connectivity index (χ3n) is 3.60. The van der Waals surface area contributed by atoms with E-state index in [1.165, 1.54) is 7.11 Å². The number of carboxylic acid groups (broad SMARTS) is 1. The van der Waals surface area contributed by atoms with Crippen LogP contribution in [0.2, 0.25) is 0 Å². The Morgan fingerprint density at radius 1 is 1.00 bits per heavy atom. The molecule has 0 aliphatic heterocycles. The van der Waals surface area contributed by atoms with E-state index in [9.17, 15) is 19.5 Å². The molecule has 0 aliphatic carbocycles. The van der Waals surface area contributed by atoms with Crippen molar-refractivity contribution in [1.82, 2.24) is 5.32 Å². The Morgan fingerprint density at radius 3 is 2.16 bits per heavy atom. The van der Waals surface area contributed by atoms with Crippen LogP contribution in [-0.2, 0) is 20.7 Å². The quantitative estimate of drug-likeness (QED) is 0.713. The SMILES string of the molecule is COCC(=O)N[C@@H](Cc1ccc(C(=O)c2ccccc2)cc1)C(=O)O. The molecule has 0 radical (unpaired) electrons. The zero-order valence-corrected chi connectivity index (χ0v) is 13.8. The Labute approximate surface area is 145 Å². The molecular formula is C19H19NO5. The van der Waals surface area contributed by atoms with Crippen molar-refractivity contribution in [2.24, 2.45) is 0 Å². The second kappa shape index (κ2) is 8.75. The molecule has 0 spiro atoms. The Bertz CT molecular complexity index is 740. The maximum absolute atomic E-state index is 12.3. The highest BCUT2D eigenvalue weighted by Crippen LogP contribution is 2.12. The fourth-order valence-corrected chi connectivity index (χ4v) is 2.35. The molecule has 0 bridgehead atoms. The number of carbonyl (C=O) groups excluding carboxylic acids is 2. The number of benzene rings is 2. The van der Waals surface area contributed by atoms with Crippen LogP contribution in [0.4, 0.5) is 0 Å². The normalized spacial score (nSPS) is 11.6. The number of carboxylic acids is 1. The van der Waals surface area contributed by atoms with Crippen molar-refractivity contribution in [3.8, 4) is 0 Å². The van der Waals surface area contributed by atoms with Crippen molar-refractivity contribution >= 4 is 17.7 Å². The number of amides is 1. The van der Waals surface area contributed by atoms with E-state index in [-0.39, 0.29) is 18.8 Å². The van der Waals surface area contributed by atoms with Crippen LogP contribution in [-0.4, -0.2) is 42.5 Å². The highest BCUT2D eigenvalue weighted by atomic mass is 16.5. The monoisotopic (exact) mass is 341 g/mol. The Kier molecular flexibility index (Phi) is 6.42. The third-order valence-corrected chi connectivity index (χ3v) is 3.60. The first-order valence-corrected chi connectivity index (χ1v) is 7.71. The standard InChI is InChI=1S/C19H19NO5/c1-25-12-17(21)20-16(19(23)24)11-13-7-9-15(10-8-13)18(22)14-5-3-2-4-6-14/h2-10,16H,11-12H2,1H3,(H,20,21)(H,23,24)/t16-/m0/s1. The lowest BCUT2D eigenvalue weighted by atomic mass is 9.99. The van der Waals surface area contributed by atoms with Gasteiger partial charge in [0.1, 0.15) is 12.6 Å². The van der Waals surface area contributed by atoms with Crippen molar-refractivity contribution < 1.29 is 24.2 Å². The second-order valence-corrected chi connectivity index (χ2v) is 5.49. The van der Waals surface area contributed by atoms with Gasteiger partial charge in [-0.25, -0.2) is 4.79 Å². The average Bonchev–Trinajstić information content (AvgIpc) is 2.62. The molecule has 0 saturated heterocycles. The summed E-state index contributed by atoms with van der Waals surface area (Å²) >= 11 is 0. The van der Waals surface area contributed by atoms with Crippen LogP contribution >= 0.6 is 0 Å². The van der Waals surface area contributed by atoms with Crippen LogP contribution in [0.3, 0.4) is 0 Å². The molecule has 6 nitrogen and oxygen atoms in total. The number of ketones is 1. The second-order valence-electron chi connectivity index (χ2n) is 5.49. The minimum atomic E-state index is -1.13. The molecular weight excluding hydrogens is 322 g/mol. The van der Waals surface area contributed by atoms with E-state index in [2.05, 4.69) is 10.1 Å². The van der Waals surface area contributed by atoms with Gasteiger partial charge in [0.25, 0.3) is 0 Å². The zero-order chi connectivity index (χ0) is 18.2. The van der Waals surface area contributed by atoms with Gasteiger partial charge in [-0.2, -0.15) is 0 Å². The predicted molar refractivity (Wildman–Crippen MR) is 91.5 cm³/mol. The van der Waals surface area contributed by atoms with Gasteiger partial charge in [-0.15, -0.1) is 0 Å². The number of rotatable bonds is 8. The van der Waals surface area contributed by atoms with Gasteiger partial charge in [-0.3, -0.25) is 9.59 Å². The Balaban J connectivity index is 2.06. The van der Waals surface area contributed by atoms with E-state index >= 15 is 0 Å². The number of carbonyl (C=O) groups is 3. The molecule has 0 aromatic heterocycles. The summed E-state index contributed by atoms with van der Waals surface area (Å²) in [5.74, 6) is -1.73. The highest BCUT2D eigenvalue weighted by molar-refractivity contribution is 6.08. The van der Waals surface area contributed by atoms with Gasteiger partial charge in [0.05, 0.1) is 0 Å². The molecule has 1 amide bonds. The van der Waals surface area contributed by atoms with Crippen LogP contribution in [0.15, 0.2) is 54.6 Å². The van der Waals surface area contributed by atoms with Gasteiger partial charge >= 0.3 is 5.97 Å². The number of ether oxygens (including phenoxy) is 1. The first-order chi connectivity index (χ1) is 12.0. The minimum absolute atomic E-state index is 0.102. The molecule has 2 aromatic carbocycles. The van der Waals surface area contributed by atoms with E-state index < -0.39 is 17.9 Å². The van der Waals surface area contributed by atoms with Gasteiger partial charge in [0.15, 0.2) is 5.78 Å². The van der Waals surface area contributed by atoms with Crippen molar-refractivity contribution in [3.63, 3.8) is 0 Å². The average molecular weight is 341 g/mol. The molecule has 0 heterocycles. The smallest absolute Gasteiger partial charge is 0.326 e. The number of hydrogen-bond donors (Lipinski definition) is 2. The van der Waals surface area contributed by atoms with Gasteiger partial charge in [-0.1, -0.05) is 54.6 Å².